The third-order valence-corrected chi connectivity index (χ3v) is 4.75. The molecule has 0 heterocycles. The molecule has 1 heteroatoms. The molecule has 80 valence electrons. The molecule has 0 aromatic carbocycles. The Morgan fingerprint density at radius 2 is 1.36 bits per heavy atom. The molecule has 0 aliphatic heterocycles. The van der Waals surface area contributed by atoms with Crippen molar-refractivity contribution < 1.29 is 0 Å². The van der Waals surface area contributed by atoms with Crippen LogP contribution in [0.3, 0.4) is 0 Å². The third-order valence-electron chi connectivity index (χ3n) is 4.75. The van der Waals surface area contributed by atoms with Gasteiger partial charge < -0.3 is 5.32 Å². The third kappa shape index (κ3) is 1.41. The maximum Gasteiger partial charge on any atom is 0.0126 e. The zero-order valence-corrected chi connectivity index (χ0v) is 9.50. The van der Waals surface area contributed by atoms with E-state index in [2.05, 4.69) is 19.2 Å². The molecule has 0 unspecified atom stereocenters. The topological polar surface area (TPSA) is 12.0 Å². The summed E-state index contributed by atoms with van der Waals surface area (Å²) in [4.78, 5) is 0. The zero-order chi connectivity index (χ0) is 9.71. The molecule has 4 fully saturated rings. The van der Waals surface area contributed by atoms with Gasteiger partial charge in [0.05, 0.1) is 0 Å². The van der Waals surface area contributed by atoms with E-state index in [9.17, 15) is 0 Å². The van der Waals surface area contributed by atoms with Gasteiger partial charge >= 0.3 is 0 Å². The number of rotatable bonds is 2. The second kappa shape index (κ2) is 3.23. The van der Waals surface area contributed by atoms with E-state index in [1.165, 1.54) is 25.7 Å². The predicted octanol–water partition coefficient (Wildman–Crippen LogP) is 2.81. The molecule has 4 aliphatic rings. The lowest BCUT2D eigenvalue weighted by Gasteiger charge is -2.55. The Kier molecular flexibility index (Phi) is 2.12. The SMILES string of the molecule is CC(C)NC1C2CC3CC(C2)CC1C3. The van der Waals surface area contributed by atoms with Crippen molar-refractivity contribution in [1.29, 1.82) is 0 Å². The fraction of sp³-hybridized carbons (Fsp3) is 1.00. The highest BCUT2D eigenvalue weighted by Gasteiger charge is 2.47. The Morgan fingerprint density at radius 1 is 0.857 bits per heavy atom. The van der Waals surface area contributed by atoms with E-state index in [0.29, 0.717) is 6.04 Å². The summed E-state index contributed by atoms with van der Waals surface area (Å²) >= 11 is 0. The van der Waals surface area contributed by atoms with Crippen molar-refractivity contribution >= 4 is 0 Å². The van der Waals surface area contributed by atoms with Crippen molar-refractivity contribution in [3.63, 3.8) is 0 Å². The van der Waals surface area contributed by atoms with Gasteiger partial charge in [-0.05, 0) is 55.8 Å². The first kappa shape index (κ1) is 9.21. The highest BCUT2D eigenvalue weighted by atomic mass is 15.0. The largest absolute Gasteiger partial charge is 0.311 e. The van der Waals surface area contributed by atoms with Crippen LogP contribution in [0.5, 0.6) is 0 Å². The number of hydrogen-bond acceptors (Lipinski definition) is 1. The molecule has 0 amide bonds. The van der Waals surface area contributed by atoms with Crippen LogP contribution in [-0.4, -0.2) is 12.1 Å². The molecule has 0 spiro atoms. The summed E-state index contributed by atoms with van der Waals surface area (Å²) in [6.07, 6.45) is 7.73. The summed E-state index contributed by atoms with van der Waals surface area (Å²) in [5.74, 6) is 4.30. The molecule has 1 nitrogen and oxygen atoms in total. The summed E-state index contributed by atoms with van der Waals surface area (Å²) in [5.41, 5.74) is 0. The maximum atomic E-state index is 3.82. The minimum Gasteiger partial charge on any atom is -0.311 e. The first-order valence-electron chi connectivity index (χ1n) is 6.48. The Bertz CT molecular complexity index is 193. The van der Waals surface area contributed by atoms with E-state index < -0.39 is 0 Å². The lowest BCUT2D eigenvalue weighted by Crippen LogP contribution is -2.55. The van der Waals surface area contributed by atoms with E-state index >= 15 is 0 Å². The van der Waals surface area contributed by atoms with Crippen molar-refractivity contribution in [2.24, 2.45) is 23.7 Å². The fourth-order valence-corrected chi connectivity index (χ4v) is 4.58. The van der Waals surface area contributed by atoms with Gasteiger partial charge in [-0.1, -0.05) is 13.8 Å². The average molecular weight is 193 g/mol. The van der Waals surface area contributed by atoms with Gasteiger partial charge in [-0.2, -0.15) is 0 Å². The summed E-state index contributed by atoms with van der Waals surface area (Å²) in [6, 6.07) is 1.56. The molecule has 4 bridgehead atoms. The Morgan fingerprint density at radius 3 is 1.79 bits per heavy atom. The molecule has 0 aromatic rings. The second-order valence-electron chi connectivity index (χ2n) is 6.28. The van der Waals surface area contributed by atoms with Gasteiger partial charge in [0.25, 0.3) is 0 Å². The molecule has 4 aliphatic carbocycles. The van der Waals surface area contributed by atoms with E-state index in [-0.39, 0.29) is 0 Å². The molecule has 4 rings (SSSR count). The summed E-state index contributed by atoms with van der Waals surface area (Å²) < 4.78 is 0. The van der Waals surface area contributed by atoms with Crippen molar-refractivity contribution in [1.82, 2.24) is 5.32 Å². The highest BCUT2D eigenvalue weighted by molar-refractivity contribution is 5.01. The first-order chi connectivity index (χ1) is 6.72. The van der Waals surface area contributed by atoms with Crippen LogP contribution in [0.25, 0.3) is 0 Å². The minimum atomic E-state index is 0.678. The molecule has 14 heavy (non-hydrogen) atoms. The van der Waals surface area contributed by atoms with Gasteiger partial charge in [0.1, 0.15) is 0 Å². The van der Waals surface area contributed by atoms with Crippen LogP contribution in [-0.2, 0) is 0 Å². The van der Waals surface area contributed by atoms with Crippen LogP contribution < -0.4 is 5.32 Å². The van der Waals surface area contributed by atoms with Gasteiger partial charge in [-0.3, -0.25) is 0 Å². The van der Waals surface area contributed by atoms with Gasteiger partial charge in [-0.15, -0.1) is 0 Å². The van der Waals surface area contributed by atoms with Crippen LogP contribution in [0.1, 0.15) is 46.0 Å². The molecule has 0 saturated heterocycles. The van der Waals surface area contributed by atoms with Crippen LogP contribution >= 0.6 is 0 Å². The van der Waals surface area contributed by atoms with Crippen LogP contribution in [0.4, 0.5) is 0 Å². The van der Waals surface area contributed by atoms with E-state index in [0.717, 1.165) is 29.7 Å². The summed E-state index contributed by atoms with van der Waals surface area (Å²) in [6.45, 7) is 4.59. The van der Waals surface area contributed by atoms with Crippen molar-refractivity contribution in [3.05, 3.63) is 0 Å². The minimum absolute atomic E-state index is 0.678. The van der Waals surface area contributed by atoms with Gasteiger partial charge in [0, 0.05) is 12.1 Å². The normalized spacial score (nSPS) is 50.4. The Labute approximate surface area is 87.7 Å². The molecule has 0 atom stereocenters. The van der Waals surface area contributed by atoms with Crippen molar-refractivity contribution in [3.8, 4) is 0 Å². The number of nitrogens with one attached hydrogen (secondary N) is 1. The molecular weight excluding hydrogens is 170 g/mol. The lowest BCUT2D eigenvalue weighted by atomic mass is 9.54. The molecule has 0 aromatic heterocycles. The standard InChI is InChI=1S/C13H23N/c1-8(2)14-13-11-4-9-3-10(6-11)7-12(13)5-9/h8-14H,3-7H2,1-2H3. The Balaban J connectivity index is 1.74. The van der Waals surface area contributed by atoms with E-state index in [1.807, 2.05) is 0 Å². The Hall–Kier alpha value is -0.0400. The highest BCUT2D eigenvalue weighted by Crippen LogP contribution is 2.53. The zero-order valence-electron chi connectivity index (χ0n) is 9.50. The van der Waals surface area contributed by atoms with Crippen molar-refractivity contribution in [2.75, 3.05) is 0 Å². The van der Waals surface area contributed by atoms with Crippen LogP contribution in [0.2, 0.25) is 0 Å². The smallest absolute Gasteiger partial charge is 0.0126 e. The van der Waals surface area contributed by atoms with E-state index in [1.54, 1.807) is 6.42 Å². The quantitative estimate of drug-likeness (QED) is 0.711. The van der Waals surface area contributed by atoms with Gasteiger partial charge in [-0.25, -0.2) is 0 Å². The monoisotopic (exact) mass is 193 g/mol. The summed E-state index contributed by atoms with van der Waals surface area (Å²) in [7, 11) is 0. The lowest BCUT2D eigenvalue weighted by molar-refractivity contribution is -0.0163. The maximum absolute atomic E-state index is 3.82. The molecule has 1 N–H and O–H groups in total. The van der Waals surface area contributed by atoms with Gasteiger partial charge in [0.2, 0.25) is 0 Å². The van der Waals surface area contributed by atoms with Crippen LogP contribution in [0.15, 0.2) is 0 Å². The van der Waals surface area contributed by atoms with E-state index in [4.69, 9.17) is 0 Å². The first-order valence-corrected chi connectivity index (χ1v) is 6.48. The molecular formula is C13H23N. The van der Waals surface area contributed by atoms with Gasteiger partial charge in [0.15, 0.2) is 0 Å². The number of hydrogen-bond donors (Lipinski definition) is 1. The van der Waals surface area contributed by atoms with Crippen molar-refractivity contribution in [2.45, 2.75) is 58.0 Å². The molecule has 0 radical (unpaired) electrons. The molecule has 4 saturated carbocycles. The summed E-state index contributed by atoms with van der Waals surface area (Å²) in [5, 5.41) is 3.82. The fourth-order valence-electron chi connectivity index (χ4n) is 4.58. The average Bonchev–Trinajstić information content (AvgIpc) is 2.09. The van der Waals surface area contributed by atoms with Crippen LogP contribution in [0, 0.1) is 23.7 Å². The predicted molar refractivity (Wildman–Crippen MR) is 59.1 cm³/mol. The second-order valence-corrected chi connectivity index (χ2v) is 6.28.